The number of ketones is 1. The molecule has 0 bridgehead atoms. The lowest BCUT2D eigenvalue weighted by Gasteiger charge is -2.05. The van der Waals surface area contributed by atoms with Gasteiger partial charge in [0, 0.05) is 6.08 Å². The summed E-state index contributed by atoms with van der Waals surface area (Å²) in [6.07, 6.45) is 3.00. The van der Waals surface area contributed by atoms with Gasteiger partial charge >= 0.3 is 5.97 Å². The molecule has 0 atom stereocenters. The number of carbonyl (C=O) groups is 3. The molecule has 2 rings (SSSR count). The molecule has 1 N–H and O–H groups in total. The van der Waals surface area contributed by atoms with Gasteiger partial charge in [0.05, 0.1) is 24.2 Å². The van der Waals surface area contributed by atoms with E-state index in [0.717, 1.165) is 22.6 Å². The van der Waals surface area contributed by atoms with Crippen molar-refractivity contribution in [1.82, 2.24) is 0 Å². The summed E-state index contributed by atoms with van der Waals surface area (Å²) in [5.41, 5.74) is 1.56. The molecule has 1 amide bonds. The number of ether oxygens (including phenoxy) is 2. The number of benzene rings is 1. The van der Waals surface area contributed by atoms with Crippen molar-refractivity contribution < 1.29 is 23.9 Å². The molecular weight excluding hydrogens is 366 g/mol. The molecule has 1 heterocycles. The van der Waals surface area contributed by atoms with E-state index in [1.165, 1.54) is 13.0 Å². The molecule has 0 saturated heterocycles. The summed E-state index contributed by atoms with van der Waals surface area (Å²) < 4.78 is 10.1. The first-order valence-corrected chi connectivity index (χ1v) is 9.13. The van der Waals surface area contributed by atoms with Crippen molar-refractivity contribution in [3.05, 3.63) is 51.9 Å². The minimum Gasteiger partial charge on any atom is -0.497 e. The first-order valence-electron chi connectivity index (χ1n) is 8.31. The third-order valence-corrected chi connectivity index (χ3v) is 5.03. The van der Waals surface area contributed by atoms with E-state index in [0.29, 0.717) is 15.4 Å². The van der Waals surface area contributed by atoms with Crippen LogP contribution in [0.4, 0.5) is 5.00 Å². The molecule has 0 saturated carbocycles. The Morgan fingerprint density at radius 2 is 1.85 bits per heavy atom. The molecule has 0 unspecified atom stereocenters. The van der Waals surface area contributed by atoms with Gasteiger partial charge in [-0.25, -0.2) is 4.79 Å². The number of carbonyl (C=O) groups excluding carboxylic acids is 3. The van der Waals surface area contributed by atoms with Gasteiger partial charge in [-0.05, 0) is 50.1 Å². The highest BCUT2D eigenvalue weighted by atomic mass is 32.1. The fraction of sp³-hybridized carbons (Fsp3) is 0.250. The zero-order chi connectivity index (χ0) is 20.0. The van der Waals surface area contributed by atoms with Gasteiger partial charge in [-0.3, -0.25) is 9.59 Å². The zero-order valence-electron chi connectivity index (χ0n) is 15.6. The quantitative estimate of drug-likeness (QED) is 0.439. The molecule has 6 nitrogen and oxygen atoms in total. The summed E-state index contributed by atoms with van der Waals surface area (Å²) >= 11 is 1.07. The second-order valence-electron chi connectivity index (χ2n) is 5.63. The van der Waals surface area contributed by atoms with Gasteiger partial charge in [-0.2, -0.15) is 0 Å². The molecular formula is C20H21NO5S. The predicted molar refractivity (Wildman–Crippen MR) is 106 cm³/mol. The SMILES string of the molecule is CCOC(=O)c1c(NC(=O)/C=C/c2ccc(OC)cc2)sc(C(C)=O)c1C. The molecule has 1 aromatic heterocycles. The van der Waals surface area contributed by atoms with Crippen LogP contribution in [0.5, 0.6) is 5.75 Å². The lowest BCUT2D eigenvalue weighted by Crippen LogP contribution is -2.12. The van der Waals surface area contributed by atoms with Crippen molar-refractivity contribution in [2.75, 3.05) is 19.0 Å². The molecule has 142 valence electrons. The molecule has 0 aliphatic heterocycles. The van der Waals surface area contributed by atoms with Crippen LogP contribution in [0.25, 0.3) is 6.08 Å². The van der Waals surface area contributed by atoms with Crippen LogP contribution >= 0.6 is 11.3 Å². The number of amides is 1. The summed E-state index contributed by atoms with van der Waals surface area (Å²) in [6, 6.07) is 7.21. The molecule has 2 aromatic rings. The number of esters is 1. The van der Waals surface area contributed by atoms with Crippen molar-refractivity contribution in [3.8, 4) is 5.75 Å². The van der Waals surface area contributed by atoms with E-state index in [2.05, 4.69) is 5.32 Å². The Hall–Kier alpha value is -2.93. The number of nitrogens with one attached hydrogen (secondary N) is 1. The monoisotopic (exact) mass is 387 g/mol. The Kier molecular flexibility index (Phi) is 6.90. The van der Waals surface area contributed by atoms with Crippen LogP contribution in [-0.4, -0.2) is 31.4 Å². The third kappa shape index (κ3) is 5.04. The maximum atomic E-state index is 12.3. The van der Waals surface area contributed by atoms with Gasteiger partial charge in [0.2, 0.25) is 5.91 Å². The Morgan fingerprint density at radius 1 is 1.19 bits per heavy atom. The van der Waals surface area contributed by atoms with Crippen LogP contribution in [0.15, 0.2) is 30.3 Å². The molecule has 0 fully saturated rings. The summed E-state index contributed by atoms with van der Waals surface area (Å²) in [6.45, 7) is 4.99. The third-order valence-electron chi connectivity index (χ3n) is 3.73. The summed E-state index contributed by atoms with van der Waals surface area (Å²) in [5.74, 6) is -0.417. The van der Waals surface area contributed by atoms with Gasteiger partial charge in [-0.1, -0.05) is 12.1 Å². The molecule has 0 radical (unpaired) electrons. The first kappa shape index (κ1) is 20.4. The largest absolute Gasteiger partial charge is 0.497 e. The molecule has 0 aliphatic rings. The Balaban J connectivity index is 2.22. The van der Waals surface area contributed by atoms with Gasteiger partial charge in [0.15, 0.2) is 5.78 Å². The lowest BCUT2D eigenvalue weighted by molar-refractivity contribution is -0.111. The van der Waals surface area contributed by atoms with Crippen LogP contribution in [-0.2, 0) is 9.53 Å². The molecule has 0 aliphatic carbocycles. The molecule has 1 aromatic carbocycles. The van der Waals surface area contributed by atoms with E-state index in [9.17, 15) is 14.4 Å². The van der Waals surface area contributed by atoms with E-state index in [4.69, 9.17) is 9.47 Å². The van der Waals surface area contributed by atoms with Crippen molar-refractivity contribution in [2.24, 2.45) is 0 Å². The highest BCUT2D eigenvalue weighted by molar-refractivity contribution is 7.18. The number of Topliss-reactive ketones (excluding diaryl/α,β-unsaturated/α-hetero) is 1. The fourth-order valence-electron chi connectivity index (χ4n) is 2.43. The predicted octanol–water partition coefficient (Wildman–Crippen LogP) is 4.10. The molecule has 27 heavy (non-hydrogen) atoms. The maximum absolute atomic E-state index is 12.3. The maximum Gasteiger partial charge on any atom is 0.341 e. The molecule has 0 spiro atoms. The average molecular weight is 387 g/mol. The minimum absolute atomic E-state index is 0.169. The highest BCUT2D eigenvalue weighted by Gasteiger charge is 2.24. The summed E-state index contributed by atoms with van der Waals surface area (Å²) in [4.78, 5) is 36.7. The zero-order valence-corrected chi connectivity index (χ0v) is 16.4. The topological polar surface area (TPSA) is 81.7 Å². The Morgan fingerprint density at radius 3 is 2.41 bits per heavy atom. The Labute approximate surface area is 161 Å². The second kappa shape index (κ2) is 9.14. The number of anilines is 1. The smallest absolute Gasteiger partial charge is 0.341 e. The van der Waals surface area contributed by atoms with Crippen LogP contribution in [0, 0.1) is 6.92 Å². The van der Waals surface area contributed by atoms with Crippen LogP contribution < -0.4 is 10.1 Å². The van der Waals surface area contributed by atoms with Gasteiger partial charge in [-0.15, -0.1) is 11.3 Å². The summed E-state index contributed by atoms with van der Waals surface area (Å²) in [5, 5.41) is 2.98. The van der Waals surface area contributed by atoms with Gasteiger partial charge in [0.1, 0.15) is 10.8 Å². The highest BCUT2D eigenvalue weighted by Crippen LogP contribution is 2.34. The lowest BCUT2D eigenvalue weighted by atomic mass is 10.1. The van der Waals surface area contributed by atoms with Gasteiger partial charge in [0.25, 0.3) is 0 Å². The fourth-order valence-corrected chi connectivity index (χ4v) is 3.52. The number of thiophene rings is 1. The first-order chi connectivity index (χ1) is 12.9. The minimum atomic E-state index is -0.562. The number of hydrogen-bond donors (Lipinski definition) is 1. The van der Waals surface area contributed by atoms with Crippen molar-refractivity contribution in [1.29, 1.82) is 0 Å². The Bertz CT molecular complexity index is 881. The van der Waals surface area contributed by atoms with E-state index in [-0.39, 0.29) is 18.0 Å². The van der Waals surface area contributed by atoms with Crippen molar-refractivity contribution >= 4 is 40.1 Å². The second-order valence-corrected chi connectivity index (χ2v) is 6.65. The van der Waals surface area contributed by atoms with Gasteiger partial charge < -0.3 is 14.8 Å². The van der Waals surface area contributed by atoms with E-state index in [1.807, 2.05) is 12.1 Å². The normalized spacial score (nSPS) is 10.7. The average Bonchev–Trinajstić information content (AvgIpc) is 2.97. The van der Waals surface area contributed by atoms with Crippen LogP contribution in [0.3, 0.4) is 0 Å². The molecule has 7 heteroatoms. The standard InChI is InChI=1S/C20H21NO5S/c1-5-26-20(24)17-12(2)18(13(3)22)27-19(17)21-16(23)11-8-14-6-9-15(25-4)10-7-14/h6-11H,5H2,1-4H3,(H,21,23)/b11-8+. The van der Waals surface area contributed by atoms with E-state index >= 15 is 0 Å². The summed E-state index contributed by atoms with van der Waals surface area (Å²) in [7, 11) is 1.58. The number of methoxy groups -OCH3 is 1. The number of rotatable bonds is 7. The van der Waals surface area contributed by atoms with Crippen molar-refractivity contribution in [3.63, 3.8) is 0 Å². The van der Waals surface area contributed by atoms with Crippen LogP contribution in [0.2, 0.25) is 0 Å². The van der Waals surface area contributed by atoms with E-state index < -0.39 is 11.9 Å². The number of hydrogen-bond acceptors (Lipinski definition) is 6. The van der Waals surface area contributed by atoms with Crippen molar-refractivity contribution in [2.45, 2.75) is 20.8 Å². The van der Waals surface area contributed by atoms with Crippen LogP contribution in [0.1, 0.15) is 45.0 Å². The van der Waals surface area contributed by atoms with E-state index in [1.54, 1.807) is 39.2 Å².